The normalized spacial score (nSPS) is 13.2. The third-order valence-corrected chi connectivity index (χ3v) is 10.4. The maximum Gasteiger partial charge on any atom is 0.284 e. The molecule has 0 spiro atoms. The Kier molecular flexibility index (Phi) is 13.7. The van der Waals surface area contributed by atoms with E-state index in [0.29, 0.717) is 10.7 Å². The van der Waals surface area contributed by atoms with Crippen molar-refractivity contribution in [2.75, 3.05) is 6.61 Å². The molecule has 0 fully saturated rings. The van der Waals surface area contributed by atoms with Crippen molar-refractivity contribution in [3.63, 3.8) is 0 Å². The fourth-order valence-corrected chi connectivity index (χ4v) is 6.71. The summed E-state index contributed by atoms with van der Waals surface area (Å²) >= 11 is 6.37. The van der Waals surface area contributed by atoms with E-state index >= 15 is 0 Å². The van der Waals surface area contributed by atoms with Crippen molar-refractivity contribution in [3.05, 3.63) is 99.1 Å². The van der Waals surface area contributed by atoms with Gasteiger partial charge in [-0.1, -0.05) is 89.8 Å². The van der Waals surface area contributed by atoms with Crippen LogP contribution in [0.15, 0.2) is 77.5 Å². The van der Waals surface area contributed by atoms with Crippen LogP contribution < -0.4 is 15.4 Å². The first-order valence-corrected chi connectivity index (χ1v) is 19.2. The molecule has 3 aromatic heterocycles. The SMILES string of the molecule is CCCCCCCOc1ccc(-c2cnc(-c3ccc(CC(NC(=O)c4ccc(C(C)(C)C)s4)C(=O)NC(c4n[nH]c(=S)o4)C(C)O)cc3)nc2)cc1. The molecular formula is C40H48N6O5S2. The van der Waals surface area contributed by atoms with E-state index in [1.807, 2.05) is 54.6 Å². The fraction of sp³-hybridized carbons (Fsp3) is 0.400. The predicted molar refractivity (Wildman–Crippen MR) is 209 cm³/mol. The van der Waals surface area contributed by atoms with Crippen molar-refractivity contribution >= 4 is 35.4 Å². The summed E-state index contributed by atoms with van der Waals surface area (Å²) in [6, 6.07) is 17.2. The van der Waals surface area contributed by atoms with Gasteiger partial charge < -0.3 is 24.9 Å². The van der Waals surface area contributed by atoms with E-state index in [-0.39, 0.29) is 28.5 Å². The van der Waals surface area contributed by atoms with Crippen LogP contribution in [0.1, 0.15) is 98.8 Å². The number of amides is 2. The summed E-state index contributed by atoms with van der Waals surface area (Å²) in [5, 5.41) is 22.6. The largest absolute Gasteiger partial charge is 0.494 e. The highest BCUT2D eigenvalue weighted by Crippen LogP contribution is 2.30. The summed E-state index contributed by atoms with van der Waals surface area (Å²) in [6.07, 6.45) is 8.71. The number of aromatic nitrogens is 4. The lowest BCUT2D eigenvalue weighted by molar-refractivity contribution is -0.124. The lowest BCUT2D eigenvalue weighted by Crippen LogP contribution is -2.50. The molecule has 2 aromatic carbocycles. The van der Waals surface area contributed by atoms with Crippen LogP contribution in [-0.4, -0.2) is 55.8 Å². The van der Waals surface area contributed by atoms with Gasteiger partial charge in [0.2, 0.25) is 11.8 Å². The second-order valence-corrected chi connectivity index (χ2v) is 15.6. The van der Waals surface area contributed by atoms with E-state index < -0.39 is 24.1 Å². The summed E-state index contributed by atoms with van der Waals surface area (Å²) in [4.78, 5) is 38.0. The second-order valence-electron chi connectivity index (χ2n) is 14.1. The average Bonchev–Trinajstić information content (AvgIpc) is 3.82. The molecule has 3 atom stereocenters. The number of aromatic amines is 1. The highest BCUT2D eigenvalue weighted by atomic mass is 32.1. The number of H-pyrrole nitrogens is 1. The van der Waals surface area contributed by atoms with E-state index in [1.165, 1.54) is 43.9 Å². The molecule has 0 aliphatic rings. The molecule has 0 aliphatic heterocycles. The Morgan fingerprint density at radius 2 is 1.60 bits per heavy atom. The molecular weight excluding hydrogens is 709 g/mol. The first-order valence-electron chi connectivity index (χ1n) is 18.0. The number of ether oxygens (including phenoxy) is 1. The van der Waals surface area contributed by atoms with Gasteiger partial charge in [0.1, 0.15) is 17.8 Å². The Labute approximate surface area is 319 Å². The number of benzene rings is 2. The maximum atomic E-state index is 13.8. The van der Waals surface area contributed by atoms with Gasteiger partial charge in [-0.15, -0.1) is 16.4 Å². The number of unbranched alkanes of at least 4 members (excludes halogenated alkanes) is 4. The first kappa shape index (κ1) is 39.5. The van der Waals surface area contributed by atoms with Crippen molar-refractivity contribution < 1.29 is 23.8 Å². The van der Waals surface area contributed by atoms with Gasteiger partial charge in [-0.25, -0.2) is 15.1 Å². The standard InChI is InChI=1S/C40H48N6O5S2/c1-6-7-8-9-10-21-50-30-17-15-27(16-18-30)29-23-41-35(42-24-29)28-13-11-26(12-14-28)22-31(43-37(49)32-19-20-33(53-32)40(3,4)5)36(48)44-34(25(2)47)38-45-46-39(52)51-38/h11-20,23-25,31,34,47H,6-10,21-22H2,1-5H3,(H,43,49)(H,44,48)(H,46,52). The van der Waals surface area contributed by atoms with Crippen LogP contribution in [0, 0.1) is 4.84 Å². The van der Waals surface area contributed by atoms with E-state index in [9.17, 15) is 14.7 Å². The molecule has 5 aromatic rings. The van der Waals surface area contributed by atoms with Crippen LogP contribution >= 0.6 is 23.6 Å². The summed E-state index contributed by atoms with van der Waals surface area (Å²) in [5.41, 5.74) is 3.36. The number of aliphatic hydroxyl groups is 1. The van der Waals surface area contributed by atoms with Gasteiger partial charge in [-0.05, 0) is 66.4 Å². The molecule has 0 saturated carbocycles. The summed E-state index contributed by atoms with van der Waals surface area (Å²) in [6.45, 7) is 10.7. The lowest BCUT2D eigenvalue weighted by Gasteiger charge is -2.23. The average molecular weight is 757 g/mol. The zero-order chi connectivity index (χ0) is 38.0. The predicted octanol–water partition coefficient (Wildman–Crippen LogP) is 8.14. The van der Waals surface area contributed by atoms with Gasteiger partial charge in [-0.2, -0.15) is 0 Å². The van der Waals surface area contributed by atoms with Crippen LogP contribution in [0.2, 0.25) is 0 Å². The lowest BCUT2D eigenvalue weighted by atomic mass is 9.95. The number of nitrogens with one attached hydrogen (secondary N) is 3. The maximum absolute atomic E-state index is 13.8. The number of nitrogens with zero attached hydrogens (tertiary/aromatic N) is 3. The van der Waals surface area contributed by atoms with E-state index in [4.69, 9.17) is 21.4 Å². The quantitative estimate of drug-likeness (QED) is 0.0544. The van der Waals surface area contributed by atoms with Gasteiger partial charge in [0.15, 0.2) is 5.82 Å². The zero-order valence-corrected chi connectivity index (χ0v) is 32.5. The molecule has 0 radical (unpaired) electrons. The molecule has 53 heavy (non-hydrogen) atoms. The van der Waals surface area contributed by atoms with Gasteiger partial charge in [-0.3, -0.25) is 9.59 Å². The highest BCUT2D eigenvalue weighted by molar-refractivity contribution is 7.71. The van der Waals surface area contributed by atoms with E-state index in [1.54, 1.807) is 18.5 Å². The fourth-order valence-electron chi connectivity index (χ4n) is 5.61. The van der Waals surface area contributed by atoms with E-state index in [0.717, 1.165) is 45.9 Å². The van der Waals surface area contributed by atoms with Crippen molar-refractivity contribution in [2.45, 2.75) is 96.7 Å². The number of thiophene rings is 1. The van der Waals surface area contributed by atoms with Gasteiger partial charge in [0, 0.05) is 34.8 Å². The summed E-state index contributed by atoms with van der Waals surface area (Å²) in [7, 11) is 0. The molecule has 280 valence electrons. The van der Waals surface area contributed by atoms with Crippen LogP contribution in [0.4, 0.5) is 0 Å². The van der Waals surface area contributed by atoms with Gasteiger partial charge in [0.05, 0.1) is 17.6 Å². The van der Waals surface area contributed by atoms with Crippen molar-refractivity contribution in [3.8, 4) is 28.3 Å². The number of aliphatic hydroxyl groups excluding tert-OH is 1. The minimum absolute atomic E-state index is 0.0126. The molecule has 0 saturated heterocycles. The van der Waals surface area contributed by atoms with E-state index in [2.05, 4.69) is 58.5 Å². The number of rotatable bonds is 17. The number of hydrogen-bond donors (Lipinski definition) is 4. The molecule has 0 aliphatic carbocycles. The Morgan fingerprint density at radius 1 is 0.925 bits per heavy atom. The van der Waals surface area contributed by atoms with Crippen molar-refractivity contribution in [2.24, 2.45) is 0 Å². The molecule has 0 bridgehead atoms. The number of hydrogen-bond acceptors (Lipinski definition) is 10. The topological polar surface area (TPSA) is 155 Å². The zero-order valence-electron chi connectivity index (χ0n) is 30.8. The summed E-state index contributed by atoms with van der Waals surface area (Å²) < 4.78 is 11.3. The van der Waals surface area contributed by atoms with Crippen LogP contribution in [-0.2, 0) is 16.6 Å². The smallest absolute Gasteiger partial charge is 0.284 e. The van der Waals surface area contributed by atoms with Crippen molar-refractivity contribution in [1.29, 1.82) is 0 Å². The molecule has 3 heterocycles. The number of carbonyl (C=O) groups excluding carboxylic acids is 2. The molecule has 4 N–H and O–H groups in total. The van der Waals surface area contributed by atoms with Gasteiger partial charge in [0.25, 0.3) is 10.7 Å². The molecule has 5 rings (SSSR count). The minimum atomic E-state index is -1.06. The first-order chi connectivity index (χ1) is 25.4. The molecule has 11 nitrogen and oxygen atoms in total. The Balaban J connectivity index is 1.26. The second kappa shape index (κ2) is 18.4. The molecule has 3 unspecified atom stereocenters. The third kappa shape index (κ3) is 11.1. The Morgan fingerprint density at radius 3 is 2.21 bits per heavy atom. The van der Waals surface area contributed by atoms with Gasteiger partial charge >= 0.3 is 0 Å². The highest BCUT2D eigenvalue weighted by Gasteiger charge is 2.30. The summed E-state index contributed by atoms with van der Waals surface area (Å²) in [5.74, 6) is 0.542. The minimum Gasteiger partial charge on any atom is -0.494 e. The van der Waals surface area contributed by atoms with Crippen LogP contribution in [0.25, 0.3) is 22.5 Å². The van der Waals surface area contributed by atoms with Crippen LogP contribution in [0.3, 0.4) is 0 Å². The molecule has 2 amide bonds. The number of carbonyl (C=O) groups is 2. The Bertz CT molecular complexity index is 1980. The van der Waals surface area contributed by atoms with Crippen LogP contribution in [0.5, 0.6) is 5.75 Å². The molecule has 13 heteroatoms. The Hall–Kier alpha value is -4.72. The third-order valence-electron chi connectivity index (χ3n) is 8.70. The monoisotopic (exact) mass is 756 g/mol. The van der Waals surface area contributed by atoms with Crippen molar-refractivity contribution in [1.82, 2.24) is 30.8 Å².